The van der Waals surface area contributed by atoms with Crippen LogP contribution in [0.5, 0.6) is 0 Å². The summed E-state index contributed by atoms with van der Waals surface area (Å²) in [6, 6.07) is 18.4. The number of ether oxygens (including phenoxy) is 2. The Hall–Kier alpha value is -4.36. The van der Waals surface area contributed by atoms with Crippen molar-refractivity contribution in [3.05, 3.63) is 77.6 Å². The van der Waals surface area contributed by atoms with Crippen molar-refractivity contribution in [2.24, 2.45) is 5.73 Å². The normalized spacial score (nSPS) is 11.9. The average molecular weight is 567 g/mol. The Morgan fingerprint density at radius 1 is 0.951 bits per heavy atom. The van der Waals surface area contributed by atoms with E-state index >= 15 is 0 Å². The molecule has 1 heterocycles. The van der Waals surface area contributed by atoms with Crippen LogP contribution in [-0.4, -0.2) is 63.4 Å². The minimum atomic E-state index is -1.10. The first kappa shape index (κ1) is 31.2. The van der Waals surface area contributed by atoms with Crippen LogP contribution in [0.1, 0.15) is 49.7 Å². The first-order valence-electron chi connectivity index (χ1n) is 13.4. The predicted octanol–water partition coefficient (Wildman–Crippen LogP) is 1.61. The topological polar surface area (TPSA) is 175 Å². The van der Waals surface area contributed by atoms with Gasteiger partial charge in [-0.25, -0.2) is 9.48 Å². The number of aromatic nitrogens is 4. The molecule has 13 heteroatoms. The molecule has 0 spiro atoms. The Morgan fingerprint density at radius 2 is 1.61 bits per heavy atom. The SMILES string of the molecule is CC(C)(N)C(=O)N[C@H](COCc1ccccc1)c1nnnn1CCCNC(=O)CCNC(=O)OCc1ccccc1. The van der Waals surface area contributed by atoms with Crippen LogP contribution in [0.2, 0.25) is 0 Å². The molecule has 0 aliphatic heterocycles. The van der Waals surface area contributed by atoms with Gasteiger partial charge in [0.15, 0.2) is 5.82 Å². The second-order valence-electron chi connectivity index (χ2n) is 9.95. The van der Waals surface area contributed by atoms with Gasteiger partial charge in [-0.1, -0.05) is 60.7 Å². The van der Waals surface area contributed by atoms with E-state index in [1.165, 1.54) is 0 Å². The van der Waals surface area contributed by atoms with Crippen molar-refractivity contribution < 1.29 is 23.9 Å². The summed E-state index contributed by atoms with van der Waals surface area (Å²) in [5.41, 5.74) is 6.74. The number of alkyl carbamates (subject to hydrolysis) is 1. The maximum absolute atomic E-state index is 12.6. The van der Waals surface area contributed by atoms with E-state index < -0.39 is 17.7 Å². The Morgan fingerprint density at radius 3 is 2.27 bits per heavy atom. The minimum absolute atomic E-state index is 0.109. The van der Waals surface area contributed by atoms with E-state index in [0.29, 0.717) is 31.9 Å². The first-order valence-corrected chi connectivity index (χ1v) is 13.4. The van der Waals surface area contributed by atoms with Crippen LogP contribution in [-0.2, 0) is 38.8 Å². The molecular weight excluding hydrogens is 528 g/mol. The number of carbonyl (C=O) groups excluding carboxylic acids is 3. The molecule has 41 heavy (non-hydrogen) atoms. The molecule has 3 aromatic rings. The number of carbonyl (C=O) groups is 3. The van der Waals surface area contributed by atoms with E-state index in [0.717, 1.165) is 11.1 Å². The van der Waals surface area contributed by atoms with E-state index in [9.17, 15) is 14.4 Å². The molecule has 0 aliphatic rings. The number of amides is 3. The summed E-state index contributed by atoms with van der Waals surface area (Å²) in [6.07, 6.45) is 0.0583. The molecule has 0 aliphatic carbocycles. The van der Waals surface area contributed by atoms with Gasteiger partial charge in [-0.15, -0.1) is 5.10 Å². The highest BCUT2D eigenvalue weighted by Crippen LogP contribution is 2.13. The van der Waals surface area contributed by atoms with Gasteiger partial charge in [0.25, 0.3) is 0 Å². The summed E-state index contributed by atoms with van der Waals surface area (Å²) in [4.78, 5) is 36.6. The first-order chi connectivity index (χ1) is 19.7. The van der Waals surface area contributed by atoms with Gasteiger partial charge in [-0.2, -0.15) is 0 Å². The van der Waals surface area contributed by atoms with Crippen molar-refractivity contribution in [3.63, 3.8) is 0 Å². The van der Waals surface area contributed by atoms with E-state index in [-0.39, 0.29) is 38.0 Å². The summed E-state index contributed by atoms with van der Waals surface area (Å²) >= 11 is 0. The fourth-order valence-electron chi connectivity index (χ4n) is 3.61. The van der Waals surface area contributed by atoms with Crippen LogP contribution < -0.4 is 21.7 Å². The zero-order chi connectivity index (χ0) is 29.5. The monoisotopic (exact) mass is 566 g/mol. The molecule has 1 aromatic heterocycles. The number of hydrogen-bond acceptors (Lipinski definition) is 9. The number of hydrogen-bond donors (Lipinski definition) is 4. The summed E-state index contributed by atoms with van der Waals surface area (Å²) in [5, 5.41) is 20.2. The number of nitrogens with one attached hydrogen (secondary N) is 3. The molecule has 0 bridgehead atoms. The number of nitrogens with two attached hydrogens (primary N) is 1. The van der Waals surface area contributed by atoms with Gasteiger partial charge in [0.05, 0.1) is 18.8 Å². The molecule has 13 nitrogen and oxygen atoms in total. The smallest absolute Gasteiger partial charge is 0.407 e. The summed E-state index contributed by atoms with van der Waals surface area (Å²) in [6.45, 7) is 4.78. The van der Waals surface area contributed by atoms with Crippen LogP contribution in [0.15, 0.2) is 60.7 Å². The van der Waals surface area contributed by atoms with E-state index in [1.54, 1.807) is 18.5 Å². The van der Waals surface area contributed by atoms with Crippen molar-refractivity contribution in [2.75, 3.05) is 19.7 Å². The van der Waals surface area contributed by atoms with Crippen LogP contribution in [0.25, 0.3) is 0 Å². The third-order valence-electron chi connectivity index (χ3n) is 5.86. The van der Waals surface area contributed by atoms with Gasteiger partial charge in [0.2, 0.25) is 11.8 Å². The zero-order valence-electron chi connectivity index (χ0n) is 23.4. The quantitative estimate of drug-likeness (QED) is 0.188. The third kappa shape index (κ3) is 11.3. The summed E-state index contributed by atoms with van der Waals surface area (Å²) in [7, 11) is 0. The lowest BCUT2D eigenvalue weighted by Crippen LogP contribution is -2.51. The fraction of sp³-hybridized carbons (Fsp3) is 0.429. The van der Waals surface area contributed by atoms with Gasteiger partial charge in [-0.3, -0.25) is 9.59 Å². The largest absolute Gasteiger partial charge is 0.445 e. The predicted molar refractivity (Wildman–Crippen MR) is 150 cm³/mol. The molecule has 3 rings (SSSR count). The Labute approximate surface area is 239 Å². The van der Waals surface area contributed by atoms with Crippen molar-refractivity contribution in [3.8, 4) is 0 Å². The van der Waals surface area contributed by atoms with Crippen molar-refractivity contribution in [2.45, 2.75) is 58.0 Å². The zero-order valence-corrected chi connectivity index (χ0v) is 23.4. The minimum Gasteiger partial charge on any atom is -0.445 e. The summed E-state index contributed by atoms with van der Waals surface area (Å²) < 4.78 is 12.6. The molecule has 220 valence electrons. The number of tetrazole rings is 1. The lowest BCUT2D eigenvalue weighted by molar-refractivity contribution is -0.126. The molecule has 5 N–H and O–H groups in total. The number of aryl methyl sites for hydroxylation is 1. The molecule has 0 unspecified atom stereocenters. The number of rotatable bonds is 16. The van der Waals surface area contributed by atoms with Crippen molar-refractivity contribution >= 4 is 17.9 Å². The van der Waals surface area contributed by atoms with Gasteiger partial charge < -0.3 is 31.2 Å². The average Bonchev–Trinajstić information content (AvgIpc) is 3.42. The van der Waals surface area contributed by atoms with Gasteiger partial charge >= 0.3 is 6.09 Å². The van der Waals surface area contributed by atoms with E-state index in [2.05, 4.69) is 31.5 Å². The molecule has 2 aromatic carbocycles. The van der Waals surface area contributed by atoms with Crippen molar-refractivity contribution in [1.29, 1.82) is 0 Å². The van der Waals surface area contributed by atoms with E-state index in [1.807, 2.05) is 60.7 Å². The lowest BCUT2D eigenvalue weighted by atomic mass is 10.1. The second-order valence-corrected chi connectivity index (χ2v) is 9.95. The maximum Gasteiger partial charge on any atom is 0.407 e. The molecular formula is C28H38N8O5. The maximum atomic E-state index is 12.6. The number of nitrogens with zero attached hydrogens (tertiary/aromatic N) is 4. The molecule has 3 amide bonds. The third-order valence-corrected chi connectivity index (χ3v) is 5.86. The highest BCUT2D eigenvalue weighted by Gasteiger charge is 2.28. The molecule has 0 radical (unpaired) electrons. The molecule has 0 saturated heterocycles. The highest BCUT2D eigenvalue weighted by molar-refractivity contribution is 5.85. The van der Waals surface area contributed by atoms with Crippen LogP contribution in [0, 0.1) is 0 Å². The van der Waals surface area contributed by atoms with E-state index in [4.69, 9.17) is 15.2 Å². The molecule has 0 fully saturated rings. The van der Waals surface area contributed by atoms with Gasteiger partial charge in [0, 0.05) is 26.1 Å². The van der Waals surface area contributed by atoms with Gasteiger partial charge in [0.1, 0.15) is 12.6 Å². The highest BCUT2D eigenvalue weighted by atomic mass is 16.5. The summed E-state index contributed by atoms with van der Waals surface area (Å²) in [5.74, 6) is -0.166. The standard InChI is InChI=1S/C28H38N8O5/c1-28(2,29)26(38)32-23(20-40-18-21-10-5-3-6-11-21)25-33-34-35-36(25)17-9-15-30-24(37)14-16-31-27(39)41-19-22-12-7-4-8-13-22/h3-8,10-13,23H,9,14-20,29H2,1-2H3,(H,30,37)(H,31,39)(H,32,38)/t23-/m1/s1. The Kier molecular flexibility index (Phi) is 12.2. The Bertz CT molecular complexity index is 1230. The molecule has 0 saturated carbocycles. The van der Waals surface area contributed by atoms with Crippen molar-refractivity contribution in [1.82, 2.24) is 36.2 Å². The second kappa shape index (κ2) is 16.0. The van der Waals surface area contributed by atoms with Crippen LogP contribution >= 0.6 is 0 Å². The Balaban J connectivity index is 1.41. The van der Waals surface area contributed by atoms with Gasteiger partial charge in [-0.05, 0) is 41.8 Å². The number of benzene rings is 2. The van der Waals surface area contributed by atoms with Crippen LogP contribution in [0.4, 0.5) is 4.79 Å². The lowest BCUT2D eigenvalue weighted by Gasteiger charge is -2.23. The fourth-order valence-corrected chi connectivity index (χ4v) is 3.61. The van der Waals surface area contributed by atoms with Crippen LogP contribution in [0.3, 0.4) is 0 Å². The molecule has 1 atom stereocenters.